The molecular formula is C19H17ClN2O3. The van der Waals surface area contributed by atoms with E-state index in [4.69, 9.17) is 16.7 Å². The second kappa shape index (κ2) is 7.40. The molecule has 3 rings (SSSR count). The number of aliphatic carboxylic acids is 1. The number of nitrogens with zero attached hydrogens (tertiary/aromatic N) is 1. The summed E-state index contributed by atoms with van der Waals surface area (Å²) < 4.78 is 0. The Hall–Kier alpha value is -2.79. The first-order valence-corrected chi connectivity index (χ1v) is 8.25. The van der Waals surface area contributed by atoms with Gasteiger partial charge >= 0.3 is 5.97 Å². The first-order chi connectivity index (χ1) is 12.0. The van der Waals surface area contributed by atoms with E-state index in [1.165, 1.54) is 5.01 Å². The number of rotatable bonds is 5. The minimum absolute atomic E-state index is 0.0671. The molecule has 1 aliphatic rings. The maximum absolute atomic E-state index is 12.5. The second-order valence-electron chi connectivity index (χ2n) is 5.71. The van der Waals surface area contributed by atoms with Gasteiger partial charge in [0.2, 0.25) is 5.91 Å². The Bertz CT molecular complexity index is 803. The van der Waals surface area contributed by atoms with Crippen LogP contribution < -0.4 is 5.43 Å². The first-order valence-electron chi connectivity index (χ1n) is 7.88. The summed E-state index contributed by atoms with van der Waals surface area (Å²) in [5.41, 5.74) is 5.77. The van der Waals surface area contributed by atoms with Crippen LogP contribution in [0.5, 0.6) is 0 Å². The number of halogens is 1. The second-order valence-corrected chi connectivity index (χ2v) is 6.15. The molecule has 1 atom stereocenters. The number of amides is 1. The largest absolute Gasteiger partial charge is 0.481 e. The topological polar surface area (TPSA) is 69.6 Å². The number of carbonyl (C=O) groups is 2. The highest BCUT2D eigenvalue weighted by molar-refractivity contribution is 6.30. The van der Waals surface area contributed by atoms with Crippen LogP contribution in [-0.4, -0.2) is 22.0 Å². The van der Waals surface area contributed by atoms with Crippen molar-refractivity contribution in [2.45, 2.75) is 18.9 Å². The molecule has 1 aliphatic heterocycles. The summed E-state index contributed by atoms with van der Waals surface area (Å²) in [5.74, 6) is -1.27. The molecule has 0 unspecified atom stereocenters. The third-order valence-corrected chi connectivity index (χ3v) is 4.21. The molecule has 0 fully saturated rings. The molecule has 0 spiro atoms. The van der Waals surface area contributed by atoms with Crippen LogP contribution in [0.1, 0.15) is 30.0 Å². The fourth-order valence-corrected chi connectivity index (χ4v) is 2.83. The third-order valence-electron chi connectivity index (χ3n) is 3.96. The van der Waals surface area contributed by atoms with Gasteiger partial charge in [0, 0.05) is 11.4 Å². The molecular weight excluding hydrogens is 340 g/mol. The van der Waals surface area contributed by atoms with Crippen LogP contribution in [0.15, 0.2) is 60.7 Å². The summed E-state index contributed by atoms with van der Waals surface area (Å²) >= 11 is 5.95. The molecule has 2 aromatic carbocycles. The first kappa shape index (κ1) is 17.0. The lowest BCUT2D eigenvalue weighted by molar-refractivity contribution is -0.142. The SMILES string of the molecule is O=C(O)CCC(=O)N1NC(c2ccccc2)=C[C@H]1c1ccc(Cl)cc1. The zero-order chi connectivity index (χ0) is 17.8. The van der Waals surface area contributed by atoms with E-state index < -0.39 is 5.97 Å². The predicted octanol–water partition coefficient (Wildman–Crippen LogP) is 3.63. The van der Waals surface area contributed by atoms with Gasteiger partial charge in [-0.05, 0) is 29.3 Å². The maximum Gasteiger partial charge on any atom is 0.303 e. The fraction of sp³-hybridized carbons (Fsp3) is 0.158. The van der Waals surface area contributed by atoms with Crippen LogP contribution in [0, 0.1) is 0 Å². The third kappa shape index (κ3) is 4.00. The van der Waals surface area contributed by atoms with Gasteiger partial charge in [0.25, 0.3) is 0 Å². The molecule has 2 aromatic rings. The van der Waals surface area contributed by atoms with Gasteiger partial charge < -0.3 is 5.11 Å². The van der Waals surface area contributed by atoms with E-state index in [1.54, 1.807) is 12.1 Å². The Morgan fingerprint density at radius 2 is 1.72 bits per heavy atom. The molecule has 1 amide bonds. The zero-order valence-corrected chi connectivity index (χ0v) is 14.1. The van der Waals surface area contributed by atoms with Gasteiger partial charge in [-0.15, -0.1) is 0 Å². The van der Waals surface area contributed by atoms with Crippen molar-refractivity contribution in [2.24, 2.45) is 0 Å². The highest BCUT2D eigenvalue weighted by atomic mass is 35.5. The Morgan fingerprint density at radius 3 is 2.36 bits per heavy atom. The van der Waals surface area contributed by atoms with Crippen LogP contribution in [0.25, 0.3) is 5.70 Å². The highest BCUT2D eigenvalue weighted by Gasteiger charge is 2.30. The summed E-state index contributed by atoms with van der Waals surface area (Å²) in [7, 11) is 0. The van der Waals surface area contributed by atoms with Crippen molar-refractivity contribution in [1.29, 1.82) is 0 Å². The summed E-state index contributed by atoms with van der Waals surface area (Å²) in [6.07, 6.45) is 1.69. The molecule has 128 valence electrons. The number of carboxylic acids is 1. The van der Waals surface area contributed by atoms with Gasteiger partial charge in [0.05, 0.1) is 18.2 Å². The molecule has 0 aromatic heterocycles. The van der Waals surface area contributed by atoms with Gasteiger partial charge in [-0.3, -0.25) is 15.0 Å². The van der Waals surface area contributed by atoms with Crippen molar-refractivity contribution in [3.05, 3.63) is 76.8 Å². The molecule has 0 radical (unpaired) electrons. The van der Waals surface area contributed by atoms with Crippen LogP contribution in [-0.2, 0) is 9.59 Å². The lowest BCUT2D eigenvalue weighted by Gasteiger charge is -2.25. The summed E-state index contributed by atoms with van der Waals surface area (Å²) in [4.78, 5) is 23.3. The van der Waals surface area contributed by atoms with Crippen molar-refractivity contribution in [3.63, 3.8) is 0 Å². The quantitative estimate of drug-likeness (QED) is 0.858. The average molecular weight is 357 g/mol. The lowest BCUT2D eigenvalue weighted by atomic mass is 10.0. The van der Waals surface area contributed by atoms with Crippen LogP contribution in [0.3, 0.4) is 0 Å². The molecule has 5 nitrogen and oxygen atoms in total. The van der Waals surface area contributed by atoms with Crippen LogP contribution in [0.4, 0.5) is 0 Å². The summed E-state index contributed by atoms with van der Waals surface area (Å²) in [6.45, 7) is 0. The number of carbonyl (C=O) groups excluding carboxylic acids is 1. The molecule has 6 heteroatoms. The number of hydrogen-bond acceptors (Lipinski definition) is 3. The summed E-state index contributed by atoms with van der Waals surface area (Å²) in [5, 5.41) is 10.9. The van der Waals surface area contributed by atoms with E-state index >= 15 is 0 Å². The van der Waals surface area contributed by atoms with E-state index in [2.05, 4.69) is 5.43 Å². The van der Waals surface area contributed by atoms with E-state index in [9.17, 15) is 9.59 Å². The van der Waals surface area contributed by atoms with Crippen molar-refractivity contribution in [3.8, 4) is 0 Å². The van der Waals surface area contributed by atoms with E-state index in [1.807, 2.05) is 48.5 Å². The lowest BCUT2D eigenvalue weighted by Crippen LogP contribution is -2.39. The monoisotopic (exact) mass is 356 g/mol. The number of benzene rings is 2. The number of hydrazine groups is 1. The van der Waals surface area contributed by atoms with Gasteiger partial charge in [0.15, 0.2) is 0 Å². The number of hydrogen-bond donors (Lipinski definition) is 2. The van der Waals surface area contributed by atoms with Gasteiger partial charge in [-0.2, -0.15) is 0 Å². The van der Waals surface area contributed by atoms with Crippen molar-refractivity contribution < 1.29 is 14.7 Å². The van der Waals surface area contributed by atoms with E-state index in [0.717, 1.165) is 16.8 Å². The fourth-order valence-electron chi connectivity index (χ4n) is 2.70. The Kier molecular flexibility index (Phi) is 5.05. The molecule has 1 heterocycles. The standard InChI is InChI=1S/C19H17ClN2O3/c20-15-8-6-14(7-9-15)17-12-16(13-4-2-1-3-5-13)21-22(17)18(23)10-11-19(24)25/h1-9,12,17,21H,10-11H2,(H,24,25)/t17-/m0/s1. The zero-order valence-electron chi connectivity index (χ0n) is 13.4. The van der Waals surface area contributed by atoms with Crippen LogP contribution in [0.2, 0.25) is 5.02 Å². The molecule has 0 saturated carbocycles. The Morgan fingerprint density at radius 1 is 1.04 bits per heavy atom. The van der Waals surface area contributed by atoms with E-state index in [0.29, 0.717) is 5.02 Å². The Balaban J connectivity index is 1.89. The number of nitrogens with one attached hydrogen (secondary N) is 1. The normalized spacial score (nSPS) is 16.3. The molecule has 2 N–H and O–H groups in total. The molecule has 0 saturated heterocycles. The summed E-state index contributed by atoms with van der Waals surface area (Å²) in [6, 6.07) is 16.6. The van der Waals surface area contributed by atoms with Crippen molar-refractivity contribution in [1.82, 2.24) is 10.4 Å². The van der Waals surface area contributed by atoms with Crippen molar-refractivity contribution in [2.75, 3.05) is 0 Å². The van der Waals surface area contributed by atoms with Gasteiger partial charge in [0.1, 0.15) is 0 Å². The maximum atomic E-state index is 12.5. The van der Waals surface area contributed by atoms with Gasteiger partial charge in [-0.1, -0.05) is 54.1 Å². The minimum atomic E-state index is -0.994. The molecule has 0 bridgehead atoms. The number of carboxylic acid groups (broad SMARTS) is 1. The van der Waals surface area contributed by atoms with Crippen LogP contribution >= 0.6 is 11.6 Å². The molecule has 0 aliphatic carbocycles. The predicted molar refractivity (Wildman–Crippen MR) is 95.5 cm³/mol. The minimum Gasteiger partial charge on any atom is -0.481 e. The van der Waals surface area contributed by atoms with E-state index in [-0.39, 0.29) is 24.8 Å². The Labute approximate surface area is 150 Å². The van der Waals surface area contributed by atoms with Gasteiger partial charge in [-0.25, -0.2) is 5.01 Å². The smallest absolute Gasteiger partial charge is 0.303 e. The molecule has 25 heavy (non-hydrogen) atoms. The van der Waals surface area contributed by atoms with Crippen molar-refractivity contribution >= 4 is 29.2 Å². The highest BCUT2D eigenvalue weighted by Crippen LogP contribution is 2.32. The average Bonchev–Trinajstić information content (AvgIpc) is 3.06.